The van der Waals surface area contributed by atoms with E-state index in [0.717, 1.165) is 28.4 Å². The summed E-state index contributed by atoms with van der Waals surface area (Å²) in [7, 11) is 0. The highest BCUT2D eigenvalue weighted by Crippen LogP contribution is 2.24. The number of aromatic nitrogens is 2. The SMILES string of the molecule is C=C(N=C/C(F)=C(\C)N)c1c[nH]c2ncc(C)cc12. The third kappa shape index (κ3) is 2.70. The van der Waals surface area contributed by atoms with Gasteiger partial charge in [-0.2, -0.15) is 0 Å². The summed E-state index contributed by atoms with van der Waals surface area (Å²) >= 11 is 0. The van der Waals surface area contributed by atoms with Gasteiger partial charge in [-0.1, -0.05) is 6.58 Å². The number of fused-ring (bicyclic) bond motifs is 1. The molecule has 2 aromatic heterocycles. The van der Waals surface area contributed by atoms with Crippen molar-refractivity contribution in [3.05, 3.63) is 47.7 Å². The molecule has 19 heavy (non-hydrogen) atoms. The molecule has 98 valence electrons. The van der Waals surface area contributed by atoms with Gasteiger partial charge in [-0.25, -0.2) is 9.37 Å². The van der Waals surface area contributed by atoms with Crippen LogP contribution in [0.2, 0.25) is 0 Å². The third-order valence-electron chi connectivity index (χ3n) is 2.69. The van der Waals surface area contributed by atoms with Crippen LogP contribution >= 0.6 is 0 Å². The van der Waals surface area contributed by atoms with Crippen LogP contribution in [0.25, 0.3) is 16.7 Å². The highest BCUT2D eigenvalue weighted by Gasteiger charge is 2.07. The van der Waals surface area contributed by atoms with Crippen molar-refractivity contribution >= 4 is 22.9 Å². The van der Waals surface area contributed by atoms with E-state index in [1.54, 1.807) is 12.4 Å². The Morgan fingerprint density at radius 1 is 1.58 bits per heavy atom. The topological polar surface area (TPSA) is 67.1 Å². The van der Waals surface area contributed by atoms with Crippen molar-refractivity contribution in [3.8, 4) is 0 Å². The number of rotatable bonds is 3. The monoisotopic (exact) mass is 258 g/mol. The largest absolute Gasteiger partial charge is 0.400 e. The van der Waals surface area contributed by atoms with E-state index in [9.17, 15) is 4.39 Å². The predicted octanol–water partition coefficient (Wildman–Crippen LogP) is 3.07. The lowest BCUT2D eigenvalue weighted by Gasteiger charge is -1.99. The number of pyridine rings is 1. The van der Waals surface area contributed by atoms with E-state index >= 15 is 0 Å². The van der Waals surface area contributed by atoms with Crippen molar-refractivity contribution in [2.24, 2.45) is 10.7 Å². The molecule has 0 bridgehead atoms. The maximum atomic E-state index is 13.2. The molecule has 2 aromatic rings. The second-order valence-corrected chi connectivity index (χ2v) is 4.35. The van der Waals surface area contributed by atoms with Crippen molar-refractivity contribution in [2.75, 3.05) is 0 Å². The maximum absolute atomic E-state index is 13.2. The summed E-state index contributed by atoms with van der Waals surface area (Å²) in [6, 6.07) is 1.98. The first-order valence-electron chi connectivity index (χ1n) is 5.78. The molecule has 0 amide bonds. The summed E-state index contributed by atoms with van der Waals surface area (Å²) in [6.07, 6.45) is 4.60. The number of hydrogen-bond donors (Lipinski definition) is 2. The summed E-state index contributed by atoms with van der Waals surface area (Å²) < 4.78 is 13.2. The van der Waals surface area contributed by atoms with Gasteiger partial charge in [0.05, 0.1) is 11.9 Å². The van der Waals surface area contributed by atoms with Crippen LogP contribution in [0.5, 0.6) is 0 Å². The van der Waals surface area contributed by atoms with Gasteiger partial charge in [-0.15, -0.1) is 0 Å². The fraction of sp³-hybridized carbons (Fsp3) is 0.143. The summed E-state index contributed by atoms with van der Waals surface area (Å²) in [6.45, 7) is 7.26. The Labute approximate surface area is 110 Å². The smallest absolute Gasteiger partial charge is 0.159 e. The zero-order chi connectivity index (χ0) is 14.0. The van der Waals surface area contributed by atoms with Gasteiger partial charge in [-0.3, -0.25) is 4.99 Å². The number of H-pyrrole nitrogens is 1. The summed E-state index contributed by atoms with van der Waals surface area (Å²) in [5, 5.41) is 0.913. The Morgan fingerprint density at radius 3 is 3.00 bits per heavy atom. The van der Waals surface area contributed by atoms with E-state index in [0.29, 0.717) is 5.70 Å². The molecule has 0 spiro atoms. The van der Waals surface area contributed by atoms with Gasteiger partial charge < -0.3 is 10.7 Å². The number of halogens is 1. The van der Waals surface area contributed by atoms with Crippen LogP contribution in [0.4, 0.5) is 4.39 Å². The van der Waals surface area contributed by atoms with Gasteiger partial charge in [0.2, 0.25) is 0 Å². The predicted molar refractivity (Wildman–Crippen MR) is 76.4 cm³/mol. The highest BCUT2D eigenvalue weighted by atomic mass is 19.1. The van der Waals surface area contributed by atoms with E-state index in [2.05, 4.69) is 21.5 Å². The molecule has 0 radical (unpaired) electrons. The van der Waals surface area contributed by atoms with Crippen LogP contribution in [0.15, 0.2) is 41.6 Å². The van der Waals surface area contributed by atoms with Gasteiger partial charge in [0.15, 0.2) is 5.83 Å². The number of allylic oxidation sites excluding steroid dienone is 2. The van der Waals surface area contributed by atoms with Gasteiger partial charge in [0.1, 0.15) is 5.65 Å². The molecule has 3 N–H and O–H groups in total. The van der Waals surface area contributed by atoms with Crippen LogP contribution in [0.1, 0.15) is 18.1 Å². The van der Waals surface area contributed by atoms with Gasteiger partial charge in [0.25, 0.3) is 0 Å². The molecule has 0 aliphatic rings. The lowest BCUT2D eigenvalue weighted by molar-refractivity contribution is 0.672. The Hall–Kier alpha value is -2.43. The molecular weight excluding hydrogens is 243 g/mol. The van der Waals surface area contributed by atoms with Gasteiger partial charge in [-0.05, 0) is 25.5 Å². The quantitative estimate of drug-likeness (QED) is 0.831. The van der Waals surface area contributed by atoms with E-state index < -0.39 is 5.83 Å². The van der Waals surface area contributed by atoms with Crippen molar-refractivity contribution in [1.82, 2.24) is 9.97 Å². The van der Waals surface area contributed by atoms with Crippen LogP contribution in [0.3, 0.4) is 0 Å². The van der Waals surface area contributed by atoms with Crippen LogP contribution < -0.4 is 5.73 Å². The van der Waals surface area contributed by atoms with E-state index in [-0.39, 0.29) is 5.70 Å². The number of nitrogens with one attached hydrogen (secondary N) is 1. The molecule has 0 unspecified atom stereocenters. The second-order valence-electron chi connectivity index (χ2n) is 4.35. The number of aromatic amines is 1. The molecule has 2 rings (SSSR count). The first kappa shape index (κ1) is 13.0. The van der Waals surface area contributed by atoms with E-state index in [1.165, 1.54) is 6.92 Å². The molecule has 0 saturated heterocycles. The Bertz CT molecular complexity index is 691. The second kappa shape index (κ2) is 5.06. The zero-order valence-corrected chi connectivity index (χ0v) is 10.9. The van der Waals surface area contributed by atoms with E-state index in [1.807, 2.05) is 13.0 Å². The summed E-state index contributed by atoms with van der Waals surface area (Å²) in [5.41, 5.74) is 8.45. The lowest BCUT2D eigenvalue weighted by atomic mass is 10.1. The minimum Gasteiger partial charge on any atom is -0.400 e. The fourth-order valence-electron chi connectivity index (χ4n) is 1.65. The highest BCUT2D eigenvalue weighted by molar-refractivity contribution is 5.92. The summed E-state index contributed by atoms with van der Waals surface area (Å²) in [4.78, 5) is 11.3. The molecule has 0 fully saturated rings. The van der Waals surface area contributed by atoms with Gasteiger partial charge in [0, 0.05) is 29.0 Å². The average Bonchev–Trinajstić information content (AvgIpc) is 2.78. The normalized spacial score (nSPS) is 13.0. The Kier molecular flexibility index (Phi) is 3.46. The van der Waals surface area contributed by atoms with Crippen molar-refractivity contribution < 1.29 is 4.39 Å². The standard InChI is InChI=1S/C14H15FN4/c1-8-4-11-12(6-19-14(11)18-5-8)10(3)17-7-13(15)9(2)16/h4-7H,3,16H2,1-2H3,(H,18,19)/b13-9-,17-7?. The number of nitrogens with two attached hydrogens (primary N) is 1. The molecular formula is C14H15FN4. The molecule has 2 heterocycles. The van der Waals surface area contributed by atoms with Crippen molar-refractivity contribution in [2.45, 2.75) is 13.8 Å². The van der Waals surface area contributed by atoms with Crippen LogP contribution in [-0.2, 0) is 0 Å². The lowest BCUT2D eigenvalue weighted by Crippen LogP contribution is -1.95. The Balaban J connectivity index is 2.37. The molecule has 4 nitrogen and oxygen atoms in total. The summed E-state index contributed by atoms with van der Waals surface area (Å²) in [5.74, 6) is -0.560. The zero-order valence-electron chi connectivity index (χ0n) is 10.9. The minimum atomic E-state index is -0.560. The molecule has 5 heteroatoms. The maximum Gasteiger partial charge on any atom is 0.159 e. The molecule has 0 aliphatic carbocycles. The number of aryl methyl sites for hydroxylation is 1. The van der Waals surface area contributed by atoms with Gasteiger partial charge >= 0.3 is 0 Å². The number of nitrogens with zero attached hydrogens (tertiary/aromatic N) is 2. The average molecular weight is 258 g/mol. The minimum absolute atomic E-state index is 0.0907. The first-order chi connectivity index (χ1) is 8.99. The number of aliphatic imine (C=N–C) groups is 1. The molecule has 0 aliphatic heterocycles. The molecule has 0 saturated carbocycles. The van der Waals surface area contributed by atoms with Crippen molar-refractivity contribution in [1.29, 1.82) is 0 Å². The Morgan fingerprint density at radius 2 is 2.32 bits per heavy atom. The molecule has 0 aromatic carbocycles. The van der Waals surface area contributed by atoms with Crippen LogP contribution in [0, 0.1) is 6.92 Å². The van der Waals surface area contributed by atoms with Crippen LogP contribution in [-0.4, -0.2) is 16.2 Å². The van der Waals surface area contributed by atoms with Crippen molar-refractivity contribution in [3.63, 3.8) is 0 Å². The number of hydrogen-bond acceptors (Lipinski definition) is 3. The first-order valence-corrected chi connectivity index (χ1v) is 5.78. The fourth-order valence-corrected chi connectivity index (χ4v) is 1.65. The van der Waals surface area contributed by atoms with E-state index in [4.69, 9.17) is 5.73 Å². The molecule has 0 atom stereocenters. The third-order valence-corrected chi connectivity index (χ3v) is 2.69.